The van der Waals surface area contributed by atoms with Crippen LogP contribution >= 0.6 is 0 Å². The number of carbonyl (C=O) groups is 1. The van der Waals surface area contributed by atoms with Gasteiger partial charge in [-0.2, -0.15) is 0 Å². The molecule has 0 aliphatic heterocycles. The molecule has 1 rings (SSSR count). The molecule has 10 heavy (non-hydrogen) atoms. The minimum atomic E-state index is -0.536. The van der Waals surface area contributed by atoms with Gasteiger partial charge in [-0.05, 0) is 19.8 Å². The first-order valence-corrected chi connectivity index (χ1v) is 3.57. The van der Waals surface area contributed by atoms with Crippen molar-refractivity contribution in [3.63, 3.8) is 0 Å². The van der Waals surface area contributed by atoms with E-state index in [9.17, 15) is 9.90 Å². The molecule has 0 aromatic carbocycles. The highest BCUT2D eigenvalue weighted by atomic mass is 16.3. The largest absolute Gasteiger partial charge is 0.388 e. The van der Waals surface area contributed by atoms with Crippen LogP contribution < -0.4 is 0 Å². The highest BCUT2D eigenvalue weighted by Crippen LogP contribution is 2.19. The first-order chi connectivity index (χ1) is 4.72. The highest BCUT2D eigenvalue weighted by molar-refractivity contribution is 5.79. The van der Waals surface area contributed by atoms with Crippen LogP contribution in [-0.2, 0) is 4.79 Å². The third-order valence-corrected chi connectivity index (χ3v) is 1.91. The zero-order valence-corrected chi connectivity index (χ0v) is 6.08. The standard InChI is InChI=1S/C8H12O2/c1-6(9)7-4-2-3-5-8(7)10/h3,5,7-8,10H,2,4H2,1H3. The summed E-state index contributed by atoms with van der Waals surface area (Å²) in [5.74, 6) is -0.0538. The van der Waals surface area contributed by atoms with Crippen LogP contribution in [-0.4, -0.2) is 17.0 Å². The molecule has 2 heteroatoms. The van der Waals surface area contributed by atoms with Gasteiger partial charge >= 0.3 is 0 Å². The van der Waals surface area contributed by atoms with Gasteiger partial charge in [0.1, 0.15) is 5.78 Å². The van der Waals surface area contributed by atoms with Gasteiger partial charge in [0, 0.05) is 5.92 Å². The number of carbonyl (C=O) groups excluding carboxylic acids is 1. The topological polar surface area (TPSA) is 37.3 Å². The monoisotopic (exact) mass is 140 g/mol. The van der Waals surface area contributed by atoms with E-state index >= 15 is 0 Å². The average Bonchev–Trinajstić information content (AvgIpc) is 1.88. The number of aliphatic hydroxyl groups is 1. The van der Waals surface area contributed by atoms with E-state index in [1.54, 1.807) is 6.08 Å². The summed E-state index contributed by atoms with van der Waals surface area (Å²) in [5.41, 5.74) is 0. The van der Waals surface area contributed by atoms with Crippen LogP contribution in [0.5, 0.6) is 0 Å². The predicted molar refractivity (Wildman–Crippen MR) is 38.6 cm³/mol. The molecular weight excluding hydrogens is 128 g/mol. The molecule has 0 amide bonds. The molecule has 56 valence electrons. The lowest BCUT2D eigenvalue weighted by atomic mass is 9.89. The lowest BCUT2D eigenvalue weighted by Gasteiger charge is -2.20. The second-order valence-electron chi connectivity index (χ2n) is 2.71. The molecule has 1 aliphatic rings. The molecule has 0 saturated heterocycles. The maximum atomic E-state index is 10.8. The first-order valence-electron chi connectivity index (χ1n) is 3.57. The van der Waals surface area contributed by atoms with Crippen molar-refractivity contribution in [3.05, 3.63) is 12.2 Å². The van der Waals surface area contributed by atoms with E-state index in [4.69, 9.17) is 0 Å². The van der Waals surface area contributed by atoms with E-state index in [0.717, 1.165) is 12.8 Å². The van der Waals surface area contributed by atoms with Crippen LogP contribution in [0.15, 0.2) is 12.2 Å². The summed E-state index contributed by atoms with van der Waals surface area (Å²) in [5, 5.41) is 9.23. The van der Waals surface area contributed by atoms with Crippen molar-refractivity contribution in [2.75, 3.05) is 0 Å². The second kappa shape index (κ2) is 2.97. The molecule has 0 aromatic rings. The Morgan fingerprint density at radius 1 is 1.70 bits per heavy atom. The fourth-order valence-corrected chi connectivity index (χ4v) is 1.26. The molecule has 1 N–H and O–H groups in total. The van der Waals surface area contributed by atoms with Crippen molar-refractivity contribution in [3.8, 4) is 0 Å². The van der Waals surface area contributed by atoms with E-state index < -0.39 is 6.10 Å². The normalized spacial score (nSPS) is 32.2. The van der Waals surface area contributed by atoms with Gasteiger partial charge in [0.25, 0.3) is 0 Å². The molecule has 0 bridgehead atoms. The van der Waals surface area contributed by atoms with Crippen molar-refractivity contribution in [2.45, 2.75) is 25.9 Å². The molecular formula is C8H12O2. The quantitative estimate of drug-likeness (QED) is 0.549. The molecule has 0 saturated carbocycles. The zero-order chi connectivity index (χ0) is 7.56. The van der Waals surface area contributed by atoms with Gasteiger partial charge in [-0.1, -0.05) is 12.2 Å². The number of aliphatic hydroxyl groups excluding tert-OH is 1. The Labute approximate surface area is 60.6 Å². The summed E-state index contributed by atoms with van der Waals surface area (Å²) in [4.78, 5) is 10.8. The maximum absolute atomic E-state index is 10.8. The SMILES string of the molecule is CC(=O)C1CCC=CC1O. The van der Waals surface area contributed by atoms with E-state index in [1.807, 2.05) is 6.08 Å². The lowest BCUT2D eigenvalue weighted by molar-refractivity contribution is -0.123. The van der Waals surface area contributed by atoms with Crippen LogP contribution in [0.3, 0.4) is 0 Å². The maximum Gasteiger partial charge on any atom is 0.135 e. The second-order valence-corrected chi connectivity index (χ2v) is 2.71. The van der Waals surface area contributed by atoms with Crippen molar-refractivity contribution in [1.29, 1.82) is 0 Å². The molecule has 2 unspecified atom stereocenters. The molecule has 2 nitrogen and oxygen atoms in total. The number of hydrogen-bond acceptors (Lipinski definition) is 2. The summed E-state index contributed by atoms with van der Waals surface area (Å²) < 4.78 is 0. The number of rotatable bonds is 1. The predicted octanol–water partition coefficient (Wildman–Crippen LogP) is 0.902. The molecule has 0 spiro atoms. The minimum absolute atomic E-state index is 0.0943. The zero-order valence-electron chi connectivity index (χ0n) is 6.08. The summed E-state index contributed by atoms with van der Waals surface area (Å²) in [7, 11) is 0. The first kappa shape index (κ1) is 7.48. The Kier molecular flexibility index (Phi) is 2.22. The van der Waals surface area contributed by atoms with Gasteiger partial charge in [-0.15, -0.1) is 0 Å². The average molecular weight is 140 g/mol. The van der Waals surface area contributed by atoms with Gasteiger partial charge in [-0.25, -0.2) is 0 Å². The van der Waals surface area contributed by atoms with E-state index in [-0.39, 0.29) is 11.7 Å². The van der Waals surface area contributed by atoms with E-state index in [2.05, 4.69) is 0 Å². The fourth-order valence-electron chi connectivity index (χ4n) is 1.26. The van der Waals surface area contributed by atoms with Gasteiger partial charge in [0.15, 0.2) is 0 Å². The molecule has 0 fully saturated rings. The van der Waals surface area contributed by atoms with Crippen LogP contribution in [0.4, 0.5) is 0 Å². The number of ketones is 1. The summed E-state index contributed by atoms with van der Waals surface area (Å²) in [6.45, 7) is 1.53. The summed E-state index contributed by atoms with van der Waals surface area (Å²) in [6.07, 6.45) is 4.81. The van der Waals surface area contributed by atoms with Crippen molar-refractivity contribution < 1.29 is 9.90 Å². The van der Waals surface area contributed by atoms with Gasteiger partial charge in [-0.3, -0.25) is 4.79 Å². The van der Waals surface area contributed by atoms with Crippen molar-refractivity contribution in [1.82, 2.24) is 0 Å². The van der Waals surface area contributed by atoms with Gasteiger partial charge in [0.05, 0.1) is 6.10 Å². The summed E-state index contributed by atoms with van der Waals surface area (Å²) >= 11 is 0. The van der Waals surface area contributed by atoms with Gasteiger partial charge < -0.3 is 5.11 Å². The molecule has 2 atom stereocenters. The molecule has 0 heterocycles. The fraction of sp³-hybridized carbons (Fsp3) is 0.625. The van der Waals surface area contributed by atoms with Crippen LogP contribution in [0.2, 0.25) is 0 Å². The van der Waals surface area contributed by atoms with Crippen LogP contribution in [0, 0.1) is 5.92 Å². The third-order valence-electron chi connectivity index (χ3n) is 1.91. The van der Waals surface area contributed by atoms with E-state index in [0.29, 0.717) is 0 Å². The van der Waals surface area contributed by atoms with Crippen LogP contribution in [0.25, 0.3) is 0 Å². The molecule has 0 aromatic heterocycles. The van der Waals surface area contributed by atoms with Crippen molar-refractivity contribution in [2.24, 2.45) is 5.92 Å². The summed E-state index contributed by atoms with van der Waals surface area (Å²) in [6, 6.07) is 0. The number of Topliss-reactive ketones (excluding diaryl/α,β-unsaturated/α-hetero) is 1. The van der Waals surface area contributed by atoms with Crippen LogP contribution in [0.1, 0.15) is 19.8 Å². The Bertz CT molecular complexity index is 161. The van der Waals surface area contributed by atoms with Gasteiger partial charge in [0.2, 0.25) is 0 Å². The molecule has 0 radical (unpaired) electrons. The number of allylic oxidation sites excluding steroid dienone is 1. The molecule has 1 aliphatic carbocycles. The lowest BCUT2D eigenvalue weighted by Crippen LogP contribution is -2.26. The minimum Gasteiger partial charge on any atom is -0.388 e. The third kappa shape index (κ3) is 1.45. The number of hydrogen-bond donors (Lipinski definition) is 1. The Morgan fingerprint density at radius 2 is 2.40 bits per heavy atom. The highest BCUT2D eigenvalue weighted by Gasteiger charge is 2.22. The van der Waals surface area contributed by atoms with E-state index in [1.165, 1.54) is 6.92 Å². The van der Waals surface area contributed by atoms with Crippen molar-refractivity contribution >= 4 is 5.78 Å². The smallest absolute Gasteiger partial charge is 0.135 e. The Morgan fingerprint density at radius 3 is 2.80 bits per heavy atom. The Hall–Kier alpha value is -0.630. The Balaban J connectivity index is 2.60.